The molecule has 2 amide bonds. The Bertz CT molecular complexity index is 581. The van der Waals surface area contributed by atoms with Gasteiger partial charge in [-0.2, -0.15) is 5.26 Å². The number of nitrogens with one attached hydrogen (secondary N) is 1. The lowest BCUT2D eigenvalue weighted by Crippen LogP contribution is -2.50. The van der Waals surface area contributed by atoms with E-state index in [2.05, 4.69) is 5.32 Å². The molecule has 0 radical (unpaired) electrons. The fraction of sp³-hybridized carbons (Fsp3) is 0.438. The zero-order valence-electron chi connectivity index (χ0n) is 13.0. The number of likely N-dealkylation sites (N-methyl/N-ethyl adjacent to an activating group) is 1. The Morgan fingerprint density at radius 2 is 2.00 bits per heavy atom. The number of amides is 2. The number of rotatable bonds is 6. The summed E-state index contributed by atoms with van der Waals surface area (Å²) in [6.45, 7) is 4.04. The Labute approximate surface area is 135 Å². The molecule has 0 aromatic heterocycles. The Balaban J connectivity index is 2.85. The normalized spacial score (nSPS) is 11.6. The van der Waals surface area contributed by atoms with Crippen molar-refractivity contribution in [3.63, 3.8) is 0 Å². The smallest absolute Gasteiger partial charge is 0.253 e. The van der Waals surface area contributed by atoms with Crippen LogP contribution >= 0.6 is 11.6 Å². The lowest BCUT2D eigenvalue weighted by atomic mass is 10.0. The molecule has 5 nitrogen and oxygen atoms in total. The molecule has 0 aliphatic rings. The van der Waals surface area contributed by atoms with Gasteiger partial charge < -0.3 is 10.2 Å². The molecule has 1 unspecified atom stereocenters. The fourth-order valence-electron chi connectivity index (χ4n) is 1.94. The predicted octanol–water partition coefficient (Wildman–Crippen LogP) is 2.47. The molecule has 1 N–H and O–H groups in total. The van der Waals surface area contributed by atoms with Crippen molar-refractivity contribution in [2.24, 2.45) is 5.92 Å². The van der Waals surface area contributed by atoms with Gasteiger partial charge in [0.05, 0.1) is 23.1 Å². The van der Waals surface area contributed by atoms with Gasteiger partial charge in [0.2, 0.25) is 5.91 Å². The number of halogens is 1. The molecule has 6 heteroatoms. The lowest BCUT2D eigenvalue weighted by molar-refractivity contribution is -0.132. The SMILES string of the molecule is CC(C)C(NC(=O)c1ccccc1Cl)C(=O)N(C)CCC#N. The third-order valence-corrected chi connectivity index (χ3v) is 3.60. The van der Waals surface area contributed by atoms with E-state index in [1.165, 1.54) is 4.90 Å². The molecule has 1 rings (SSSR count). The highest BCUT2D eigenvalue weighted by Gasteiger charge is 2.27. The summed E-state index contributed by atoms with van der Waals surface area (Å²) < 4.78 is 0. The first-order valence-electron chi connectivity index (χ1n) is 7.05. The summed E-state index contributed by atoms with van der Waals surface area (Å²) in [5, 5.41) is 11.7. The van der Waals surface area contributed by atoms with Gasteiger partial charge in [-0.05, 0) is 18.1 Å². The van der Waals surface area contributed by atoms with Gasteiger partial charge in [-0.25, -0.2) is 0 Å². The third-order valence-electron chi connectivity index (χ3n) is 3.27. The summed E-state index contributed by atoms with van der Waals surface area (Å²) >= 11 is 6.00. The molecular formula is C16H20ClN3O2. The second-order valence-corrected chi connectivity index (χ2v) is 5.75. The molecule has 22 heavy (non-hydrogen) atoms. The zero-order valence-corrected chi connectivity index (χ0v) is 13.7. The molecule has 1 atom stereocenters. The van der Waals surface area contributed by atoms with Gasteiger partial charge in [-0.15, -0.1) is 0 Å². The van der Waals surface area contributed by atoms with E-state index in [-0.39, 0.29) is 24.2 Å². The number of nitriles is 1. The summed E-state index contributed by atoms with van der Waals surface area (Å²) in [5.41, 5.74) is 0.335. The van der Waals surface area contributed by atoms with Crippen LogP contribution in [0.3, 0.4) is 0 Å². The quantitative estimate of drug-likeness (QED) is 0.874. The van der Waals surface area contributed by atoms with Crippen LogP contribution < -0.4 is 5.32 Å². The molecule has 0 fully saturated rings. The number of carbonyl (C=O) groups is 2. The monoisotopic (exact) mass is 321 g/mol. The van der Waals surface area contributed by atoms with E-state index >= 15 is 0 Å². The number of hydrogen-bond acceptors (Lipinski definition) is 3. The lowest BCUT2D eigenvalue weighted by Gasteiger charge is -2.26. The van der Waals surface area contributed by atoms with Crippen LogP contribution in [0.1, 0.15) is 30.6 Å². The number of nitrogens with zero attached hydrogens (tertiary/aromatic N) is 2. The van der Waals surface area contributed by atoms with Crippen LogP contribution in [-0.2, 0) is 4.79 Å². The van der Waals surface area contributed by atoms with Crippen molar-refractivity contribution in [3.8, 4) is 6.07 Å². The van der Waals surface area contributed by atoms with Crippen molar-refractivity contribution < 1.29 is 9.59 Å². The zero-order chi connectivity index (χ0) is 16.7. The van der Waals surface area contributed by atoms with Crippen LogP contribution in [0.2, 0.25) is 5.02 Å². The van der Waals surface area contributed by atoms with E-state index < -0.39 is 6.04 Å². The Kier molecular flexibility index (Phi) is 6.87. The maximum atomic E-state index is 12.4. The highest BCUT2D eigenvalue weighted by molar-refractivity contribution is 6.33. The first kappa shape index (κ1) is 18.0. The molecule has 0 aliphatic heterocycles. The summed E-state index contributed by atoms with van der Waals surface area (Å²) in [6.07, 6.45) is 0.255. The molecule has 0 saturated heterocycles. The van der Waals surface area contributed by atoms with E-state index in [1.54, 1.807) is 31.3 Å². The van der Waals surface area contributed by atoms with Gasteiger partial charge >= 0.3 is 0 Å². The van der Waals surface area contributed by atoms with Crippen LogP contribution in [0.15, 0.2) is 24.3 Å². The summed E-state index contributed by atoms with van der Waals surface area (Å²) in [7, 11) is 1.62. The number of benzene rings is 1. The highest BCUT2D eigenvalue weighted by atomic mass is 35.5. The second-order valence-electron chi connectivity index (χ2n) is 5.34. The van der Waals surface area contributed by atoms with Crippen molar-refractivity contribution in [3.05, 3.63) is 34.9 Å². The fourth-order valence-corrected chi connectivity index (χ4v) is 2.16. The maximum absolute atomic E-state index is 12.4. The molecule has 0 spiro atoms. The van der Waals surface area contributed by atoms with Crippen LogP contribution in [0.5, 0.6) is 0 Å². The van der Waals surface area contributed by atoms with Gasteiger partial charge in [-0.1, -0.05) is 37.6 Å². The molecule has 0 saturated carbocycles. The standard InChI is InChI=1S/C16H20ClN3O2/c1-11(2)14(16(22)20(3)10-6-9-18)19-15(21)12-7-4-5-8-13(12)17/h4-5,7-8,11,14H,6,10H2,1-3H3,(H,19,21). The van der Waals surface area contributed by atoms with Gasteiger partial charge in [0.25, 0.3) is 5.91 Å². The molecule has 1 aromatic rings. The number of carbonyl (C=O) groups excluding carboxylic acids is 2. The van der Waals surface area contributed by atoms with Crippen LogP contribution in [0, 0.1) is 17.2 Å². The van der Waals surface area contributed by atoms with E-state index in [4.69, 9.17) is 16.9 Å². The molecule has 1 aromatic carbocycles. The van der Waals surface area contributed by atoms with Crippen molar-refractivity contribution in [2.75, 3.05) is 13.6 Å². The van der Waals surface area contributed by atoms with E-state index in [1.807, 2.05) is 19.9 Å². The van der Waals surface area contributed by atoms with Crippen LogP contribution in [-0.4, -0.2) is 36.3 Å². The highest BCUT2D eigenvalue weighted by Crippen LogP contribution is 2.16. The van der Waals surface area contributed by atoms with Gasteiger partial charge in [0.1, 0.15) is 6.04 Å². The Morgan fingerprint density at radius 1 is 1.36 bits per heavy atom. The molecule has 0 aliphatic carbocycles. The minimum absolute atomic E-state index is 0.0801. The van der Waals surface area contributed by atoms with Crippen molar-refractivity contribution >= 4 is 23.4 Å². The van der Waals surface area contributed by atoms with Crippen LogP contribution in [0.25, 0.3) is 0 Å². The summed E-state index contributed by atoms with van der Waals surface area (Å²) in [4.78, 5) is 26.2. The van der Waals surface area contributed by atoms with E-state index in [0.29, 0.717) is 17.1 Å². The maximum Gasteiger partial charge on any atom is 0.253 e. The first-order chi connectivity index (χ1) is 10.4. The molecule has 0 bridgehead atoms. The predicted molar refractivity (Wildman–Crippen MR) is 85.4 cm³/mol. The Hall–Kier alpha value is -2.06. The third kappa shape index (κ3) is 4.74. The van der Waals surface area contributed by atoms with E-state index in [9.17, 15) is 9.59 Å². The largest absolute Gasteiger partial charge is 0.343 e. The van der Waals surface area contributed by atoms with Crippen molar-refractivity contribution in [1.29, 1.82) is 5.26 Å². The average molecular weight is 322 g/mol. The minimum atomic E-state index is -0.660. The van der Waals surface area contributed by atoms with Gasteiger partial charge in [0.15, 0.2) is 0 Å². The van der Waals surface area contributed by atoms with Crippen molar-refractivity contribution in [2.45, 2.75) is 26.3 Å². The molecule has 0 heterocycles. The average Bonchev–Trinajstić information content (AvgIpc) is 2.49. The Morgan fingerprint density at radius 3 is 2.55 bits per heavy atom. The van der Waals surface area contributed by atoms with Gasteiger partial charge in [0, 0.05) is 13.6 Å². The van der Waals surface area contributed by atoms with Crippen LogP contribution in [0.4, 0.5) is 0 Å². The minimum Gasteiger partial charge on any atom is -0.343 e. The summed E-state index contributed by atoms with van der Waals surface area (Å²) in [6, 6.07) is 8.02. The second kappa shape index (κ2) is 8.40. The molecule has 118 valence electrons. The van der Waals surface area contributed by atoms with Crippen molar-refractivity contribution in [1.82, 2.24) is 10.2 Å². The number of hydrogen-bond donors (Lipinski definition) is 1. The first-order valence-corrected chi connectivity index (χ1v) is 7.43. The molecular weight excluding hydrogens is 302 g/mol. The van der Waals surface area contributed by atoms with Gasteiger partial charge in [-0.3, -0.25) is 9.59 Å². The topological polar surface area (TPSA) is 73.2 Å². The van der Waals surface area contributed by atoms with E-state index in [0.717, 1.165) is 0 Å². The summed E-state index contributed by atoms with van der Waals surface area (Å²) in [5.74, 6) is -0.680.